The number of hydrogen-bond donors (Lipinski definition) is 1. The quantitative estimate of drug-likeness (QED) is 0.766. The summed E-state index contributed by atoms with van der Waals surface area (Å²) in [5.74, 6) is 0. The molecule has 132 valence electrons. The molecule has 24 heavy (non-hydrogen) atoms. The van der Waals surface area contributed by atoms with Gasteiger partial charge in [-0.1, -0.05) is 23.2 Å². The normalized spacial score (nSPS) is 12.7. The summed E-state index contributed by atoms with van der Waals surface area (Å²) in [6.07, 6.45) is 0. The minimum atomic E-state index is -3.82. The van der Waals surface area contributed by atoms with Gasteiger partial charge in [-0.25, -0.2) is 25.9 Å². The van der Waals surface area contributed by atoms with Crippen LogP contribution in [0.15, 0.2) is 39.4 Å². The van der Waals surface area contributed by atoms with Gasteiger partial charge in [-0.05, 0) is 30.3 Å². The van der Waals surface area contributed by atoms with E-state index >= 15 is 0 Å². The number of thiophene rings is 1. The van der Waals surface area contributed by atoms with Gasteiger partial charge < -0.3 is 0 Å². The lowest BCUT2D eigenvalue weighted by molar-refractivity contribution is 0.523. The molecule has 0 bridgehead atoms. The Bertz CT molecular complexity index is 933. The number of benzene rings is 1. The fourth-order valence-electron chi connectivity index (χ4n) is 1.70. The van der Waals surface area contributed by atoms with Crippen LogP contribution in [0.5, 0.6) is 0 Å². The van der Waals surface area contributed by atoms with E-state index in [1.807, 2.05) is 0 Å². The molecule has 2 aromatic rings. The highest BCUT2D eigenvalue weighted by Crippen LogP contribution is 2.25. The van der Waals surface area contributed by atoms with Crippen LogP contribution in [0.2, 0.25) is 10.0 Å². The van der Waals surface area contributed by atoms with Crippen LogP contribution < -0.4 is 4.72 Å². The maximum atomic E-state index is 12.3. The molecule has 1 aromatic carbocycles. The highest BCUT2D eigenvalue weighted by atomic mass is 35.5. The van der Waals surface area contributed by atoms with Gasteiger partial charge in [0.15, 0.2) is 0 Å². The van der Waals surface area contributed by atoms with Crippen molar-refractivity contribution in [3.8, 4) is 0 Å². The third kappa shape index (κ3) is 4.48. The van der Waals surface area contributed by atoms with Gasteiger partial charge in [0.2, 0.25) is 10.0 Å². The van der Waals surface area contributed by atoms with E-state index in [1.54, 1.807) is 6.07 Å². The van der Waals surface area contributed by atoms with E-state index in [0.29, 0.717) is 4.88 Å². The predicted octanol–water partition coefficient (Wildman–Crippen LogP) is 2.78. The molecule has 1 aromatic heterocycles. The van der Waals surface area contributed by atoms with Crippen molar-refractivity contribution in [2.75, 3.05) is 14.1 Å². The van der Waals surface area contributed by atoms with Crippen LogP contribution in [-0.4, -0.2) is 35.2 Å². The van der Waals surface area contributed by atoms with Crippen LogP contribution in [0.4, 0.5) is 0 Å². The Kier molecular flexibility index (Phi) is 5.96. The second kappa shape index (κ2) is 7.28. The average molecular weight is 429 g/mol. The third-order valence-corrected chi connectivity index (χ3v) is 8.14. The van der Waals surface area contributed by atoms with Crippen LogP contribution in [0.25, 0.3) is 0 Å². The van der Waals surface area contributed by atoms with Gasteiger partial charge in [-0.15, -0.1) is 11.3 Å². The molecule has 0 spiro atoms. The Labute approximate surface area is 155 Å². The summed E-state index contributed by atoms with van der Waals surface area (Å²) in [5, 5.41) is 0.414. The van der Waals surface area contributed by atoms with Crippen molar-refractivity contribution in [3.05, 3.63) is 45.3 Å². The van der Waals surface area contributed by atoms with E-state index in [-0.39, 0.29) is 25.7 Å². The zero-order valence-corrected chi connectivity index (χ0v) is 16.6. The van der Waals surface area contributed by atoms with Crippen molar-refractivity contribution in [1.82, 2.24) is 9.03 Å². The first kappa shape index (κ1) is 19.6. The fraction of sp³-hybridized carbons (Fsp3) is 0.231. The highest BCUT2D eigenvalue weighted by Gasteiger charge is 2.20. The minimum absolute atomic E-state index is 0.0416. The number of rotatable bonds is 6. The molecule has 11 heteroatoms. The summed E-state index contributed by atoms with van der Waals surface area (Å²) >= 11 is 12.6. The van der Waals surface area contributed by atoms with Gasteiger partial charge in [-0.2, -0.15) is 0 Å². The summed E-state index contributed by atoms with van der Waals surface area (Å²) < 4.78 is 52.2. The maximum Gasteiger partial charge on any atom is 0.252 e. The summed E-state index contributed by atoms with van der Waals surface area (Å²) in [7, 11) is -4.49. The number of hydrogen-bond acceptors (Lipinski definition) is 5. The van der Waals surface area contributed by atoms with Gasteiger partial charge >= 0.3 is 0 Å². The molecule has 0 aliphatic rings. The highest BCUT2D eigenvalue weighted by molar-refractivity contribution is 7.91. The second-order valence-electron chi connectivity index (χ2n) is 4.94. The van der Waals surface area contributed by atoms with E-state index in [0.717, 1.165) is 15.6 Å². The minimum Gasteiger partial charge on any atom is -0.207 e. The van der Waals surface area contributed by atoms with Gasteiger partial charge in [0, 0.05) is 35.6 Å². The first-order valence-electron chi connectivity index (χ1n) is 6.49. The molecule has 2 rings (SSSR count). The zero-order chi connectivity index (χ0) is 18.1. The lowest BCUT2D eigenvalue weighted by Crippen LogP contribution is -2.23. The lowest BCUT2D eigenvalue weighted by Gasteiger charge is -2.08. The van der Waals surface area contributed by atoms with Crippen molar-refractivity contribution >= 4 is 54.6 Å². The molecule has 0 aliphatic carbocycles. The summed E-state index contributed by atoms with van der Waals surface area (Å²) in [4.78, 5) is 0.504. The number of sulfonamides is 2. The first-order valence-corrected chi connectivity index (χ1v) is 11.0. The van der Waals surface area contributed by atoms with E-state index in [1.165, 1.54) is 38.4 Å². The maximum absolute atomic E-state index is 12.3. The molecular formula is C13H14Cl2N2O4S3. The second-order valence-corrected chi connectivity index (χ2v) is 11.1. The number of halogens is 2. The molecule has 0 saturated heterocycles. The SMILES string of the molecule is CN(C)S(=O)(=O)c1ccc(CNS(=O)(=O)c2cc(Cl)cc(Cl)c2)s1. The van der Waals surface area contributed by atoms with Gasteiger partial charge in [0.1, 0.15) is 4.21 Å². The molecule has 0 radical (unpaired) electrons. The molecule has 1 N–H and O–H groups in total. The van der Waals surface area contributed by atoms with E-state index in [2.05, 4.69) is 4.72 Å². The number of nitrogens with zero attached hydrogens (tertiary/aromatic N) is 1. The zero-order valence-electron chi connectivity index (χ0n) is 12.7. The summed E-state index contributed by atoms with van der Waals surface area (Å²) in [5.41, 5.74) is 0. The number of nitrogens with one attached hydrogen (secondary N) is 1. The first-order chi connectivity index (χ1) is 11.0. The third-order valence-electron chi connectivity index (χ3n) is 2.95. The molecule has 1 heterocycles. The molecule has 0 unspecified atom stereocenters. The van der Waals surface area contributed by atoms with E-state index in [9.17, 15) is 16.8 Å². The topological polar surface area (TPSA) is 83.6 Å². The molecular weight excluding hydrogens is 415 g/mol. The van der Waals surface area contributed by atoms with Crippen molar-refractivity contribution in [1.29, 1.82) is 0 Å². The van der Waals surface area contributed by atoms with Gasteiger partial charge in [0.25, 0.3) is 10.0 Å². The Hall–Kier alpha value is -0.680. The summed E-state index contributed by atoms with van der Waals surface area (Å²) in [6, 6.07) is 7.01. The molecule has 0 saturated carbocycles. The largest absolute Gasteiger partial charge is 0.252 e. The Morgan fingerprint density at radius 2 is 1.62 bits per heavy atom. The van der Waals surface area contributed by atoms with Crippen LogP contribution in [0, 0.1) is 0 Å². The van der Waals surface area contributed by atoms with Crippen LogP contribution >= 0.6 is 34.5 Å². The van der Waals surface area contributed by atoms with Crippen molar-refractivity contribution in [2.24, 2.45) is 0 Å². The summed E-state index contributed by atoms with van der Waals surface area (Å²) in [6.45, 7) is -0.0416. The molecule has 0 aliphatic heterocycles. The Morgan fingerprint density at radius 3 is 2.17 bits per heavy atom. The smallest absolute Gasteiger partial charge is 0.207 e. The Balaban J connectivity index is 2.18. The monoisotopic (exact) mass is 428 g/mol. The average Bonchev–Trinajstić information content (AvgIpc) is 2.93. The standard InChI is InChI=1S/C13H14Cl2N2O4S3/c1-17(2)24(20,21)13-4-3-11(22-13)8-16-23(18,19)12-6-9(14)5-10(15)7-12/h3-7,16H,8H2,1-2H3. The predicted molar refractivity (Wildman–Crippen MR) is 95.7 cm³/mol. The van der Waals surface area contributed by atoms with E-state index < -0.39 is 20.0 Å². The van der Waals surface area contributed by atoms with Gasteiger partial charge in [0.05, 0.1) is 4.90 Å². The molecule has 0 amide bonds. The fourth-order valence-corrected chi connectivity index (χ4v) is 5.99. The van der Waals surface area contributed by atoms with Crippen LogP contribution in [0.3, 0.4) is 0 Å². The van der Waals surface area contributed by atoms with E-state index in [4.69, 9.17) is 23.2 Å². The molecule has 0 fully saturated rings. The molecule has 6 nitrogen and oxygen atoms in total. The van der Waals surface area contributed by atoms with Crippen molar-refractivity contribution in [2.45, 2.75) is 15.6 Å². The van der Waals surface area contributed by atoms with Crippen LogP contribution in [-0.2, 0) is 26.6 Å². The van der Waals surface area contributed by atoms with Gasteiger partial charge in [-0.3, -0.25) is 0 Å². The lowest BCUT2D eigenvalue weighted by atomic mass is 10.4. The Morgan fingerprint density at radius 1 is 1.04 bits per heavy atom. The van der Waals surface area contributed by atoms with Crippen molar-refractivity contribution in [3.63, 3.8) is 0 Å². The van der Waals surface area contributed by atoms with Crippen LogP contribution in [0.1, 0.15) is 4.88 Å². The van der Waals surface area contributed by atoms with Crippen molar-refractivity contribution < 1.29 is 16.8 Å². The molecule has 0 atom stereocenters.